The molecule has 3 rings (SSSR count). The van der Waals surface area contributed by atoms with Gasteiger partial charge in [0.15, 0.2) is 0 Å². The van der Waals surface area contributed by atoms with Gasteiger partial charge in [-0.1, -0.05) is 25.0 Å². The number of phenols is 1. The molecule has 1 aromatic carbocycles. The summed E-state index contributed by atoms with van der Waals surface area (Å²) < 4.78 is 0. The summed E-state index contributed by atoms with van der Waals surface area (Å²) in [5, 5.41) is 10.0. The van der Waals surface area contributed by atoms with Crippen molar-refractivity contribution in [2.24, 2.45) is 10.4 Å². The van der Waals surface area contributed by atoms with Crippen LogP contribution in [0.15, 0.2) is 23.2 Å². The van der Waals surface area contributed by atoms with Gasteiger partial charge in [-0.3, -0.25) is 4.99 Å². The molecule has 23 heavy (non-hydrogen) atoms. The molecule has 126 valence electrons. The fourth-order valence-electron chi connectivity index (χ4n) is 3.96. The van der Waals surface area contributed by atoms with Crippen LogP contribution in [0.1, 0.15) is 62.5 Å². The van der Waals surface area contributed by atoms with Crippen molar-refractivity contribution in [3.8, 4) is 5.75 Å². The van der Waals surface area contributed by atoms with E-state index in [0.29, 0.717) is 17.2 Å². The molecule has 0 unspecified atom stereocenters. The van der Waals surface area contributed by atoms with Crippen molar-refractivity contribution in [1.29, 1.82) is 0 Å². The quantitative estimate of drug-likeness (QED) is 0.570. The van der Waals surface area contributed by atoms with Crippen molar-refractivity contribution >= 4 is 23.2 Å². The van der Waals surface area contributed by atoms with Crippen LogP contribution in [-0.2, 0) is 20.8 Å². The summed E-state index contributed by atoms with van der Waals surface area (Å²) in [6.07, 6.45) is 12.8. The average Bonchev–Trinajstić information content (AvgIpc) is 3.00. The predicted molar refractivity (Wildman–Crippen MR) is 95.3 cm³/mol. The van der Waals surface area contributed by atoms with Gasteiger partial charge < -0.3 is 5.11 Å². The van der Waals surface area contributed by atoms with Crippen LogP contribution in [0.5, 0.6) is 5.75 Å². The van der Waals surface area contributed by atoms with Gasteiger partial charge in [-0.05, 0) is 62.5 Å². The molecule has 1 N–H and O–H groups in total. The number of aromatic hydroxyl groups is 1. The van der Waals surface area contributed by atoms with Crippen LogP contribution in [0, 0.1) is 12.3 Å². The fourth-order valence-corrected chi connectivity index (χ4v) is 3.96. The van der Waals surface area contributed by atoms with Gasteiger partial charge in [0, 0.05) is 17.8 Å². The van der Waals surface area contributed by atoms with Crippen LogP contribution in [0.4, 0.5) is 0 Å². The molecule has 2 nitrogen and oxygen atoms in total. The number of halogens is 2. The fraction of sp³-hybridized carbons (Fsp3) is 0.611. The van der Waals surface area contributed by atoms with Crippen molar-refractivity contribution in [2.75, 3.05) is 0 Å². The van der Waals surface area contributed by atoms with E-state index in [1.165, 1.54) is 51.4 Å². The summed E-state index contributed by atoms with van der Waals surface area (Å²) in [4.78, 5) is 4.72. The number of nitrogens with zero attached hydrogens (tertiary/aromatic N) is 1. The van der Waals surface area contributed by atoms with Crippen molar-refractivity contribution in [3.05, 3.63) is 29.3 Å². The third kappa shape index (κ3) is 5.58. The van der Waals surface area contributed by atoms with Crippen LogP contribution in [0.2, 0.25) is 0 Å². The van der Waals surface area contributed by atoms with Crippen molar-refractivity contribution in [3.63, 3.8) is 0 Å². The van der Waals surface area contributed by atoms with Crippen molar-refractivity contribution in [1.82, 2.24) is 0 Å². The molecule has 2 aliphatic rings. The Balaban J connectivity index is 0.000000595. The van der Waals surface area contributed by atoms with E-state index in [0.717, 1.165) is 11.1 Å². The zero-order valence-corrected chi connectivity index (χ0v) is 17.7. The number of benzene rings is 1. The standard InChI is InChI=1S/C18H25NO.2ClH.Zr/c1-14-5-4-6-15(17(14)20)13-19-16-7-11-18(12-8-16)9-2-3-10-18;;;/h4-6,13,16,20H,2-3,7-12H2,1H3;2*1H;/q;;;+2/p-2. The Bertz CT molecular complexity index is 520. The van der Waals surface area contributed by atoms with E-state index < -0.39 is 20.8 Å². The summed E-state index contributed by atoms with van der Waals surface area (Å²) >= 11 is -0.826. The maximum absolute atomic E-state index is 10.0. The number of para-hydroxylation sites is 1. The molecule has 0 aromatic heterocycles. The molecule has 0 amide bonds. The molecule has 0 aliphatic heterocycles. The molecule has 5 heteroatoms. The van der Waals surface area contributed by atoms with Gasteiger partial charge in [-0.2, -0.15) is 0 Å². The number of hydrogen-bond donors (Lipinski definition) is 1. The Hall–Kier alpha value is 0.153. The molecule has 2 aliphatic carbocycles. The molecule has 2 fully saturated rings. The SMILES string of the molecule is Cc1cccc(C=NC2CCC3(CCCC3)CC2)c1O.[Cl][Zr][Cl]. The number of hydrogen-bond acceptors (Lipinski definition) is 2. The van der Waals surface area contributed by atoms with E-state index in [2.05, 4.69) is 0 Å². The summed E-state index contributed by atoms with van der Waals surface area (Å²) in [7, 11) is 9.87. The van der Waals surface area contributed by atoms with Crippen LogP contribution in [0.3, 0.4) is 0 Å². The van der Waals surface area contributed by atoms with E-state index in [1.54, 1.807) is 0 Å². The molecular formula is C18H25Cl2NOZr. The second-order valence-corrected chi connectivity index (χ2v) is 10.5. The van der Waals surface area contributed by atoms with Gasteiger partial charge in [0.1, 0.15) is 5.75 Å². The van der Waals surface area contributed by atoms with Gasteiger partial charge in [-0.25, -0.2) is 0 Å². The summed E-state index contributed by atoms with van der Waals surface area (Å²) in [5.74, 6) is 0.374. The molecule has 2 saturated carbocycles. The number of rotatable bonds is 2. The summed E-state index contributed by atoms with van der Waals surface area (Å²) in [6, 6.07) is 6.30. The van der Waals surface area contributed by atoms with Crippen LogP contribution in [-0.4, -0.2) is 17.4 Å². The monoisotopic (exact) mass is 431 g/mol. The number of phenolic OH excluding ortho intramolecular Hbond substituents is 1. The molecule has 0 saturated heterocycles. The molecule has 0 heterocycles. The Morgan fingerprint density at radius 1 is 1.17 bits per heavy atom. The first-order valence-electron chi connectivity index (χ1n) is 8.38. The minimum atomic E-state index is -0.826. The predicted octanol–water partition coefficient (Wildman–Crippen LogP) is 6.00. The molecule has 1 spiro atoms. The van der Waals surface area contributed by atoms with E-state index in [4.69, 9.17) is 22.0 Å². The first-order chi connectivity index (χ1) is 11.1. The Labute approximate surface area is 158 Å². The number of aryl methyl sites for hydroxylation is 1. The second-order valence-electron chi connectivity index (χ2n) is 6.80. The molecular weight excluding hydrogens is 408 g/mol. The van der Waals surface area contributed by atoms with E-state index in [1.807, 2.05) is 31.3 Å². The van der Waals surface area contributed by atoms with Gasteiger partial charge in [0.05, 0.1) is 0 Å². The van der Waals surface area contributed by atoms with Gasteiger partial charge in [-0.15, -0.1) is 0 Å². The first kappa shape index (κ1) is 19.5. The van der Waals surface area contributed by atoms with Crippen molar-refractivity contribution in [2.45, 2.75) is 64.3 Å². The Kier molecular flexibility index (Phi) is 8.12. The zero-order valence-electron chi connectivity index (χ0n) is 13.7. The summed E-state index contributed by atoms with van der Waals surface area (Å²) in [6.45, 7) is 1.93. The summed E-state index contributed by atoms with van der Waals surface area (Å²) in [5.41, 5.74) is 2.45. The Morgan fingerprint density at radius 2 is 1.78 bits per heavy atom. The third-order valence-electron chi connectivity index (χ3n) is 5.37. The average molecular weight is 434 g/mol. The minimum absolute atomic E-state index is 0.374. The molecule has 0 bridgehead atoms. The van der Waals surface area contributed by atoms with Gasteiger partial charge in [0.2, 0.25) is 0 Å². The van der Waals surface area contributed by atoms with Crippen LogP contribution >= 0.6 is 17.0 Å². The van der Waals surface area contributed by atoms with E-state index in [9.17, 15) is 5.11 Å². The topological polar surface area (TPSA) is 32.6 Å². The van der Waals surface area contributed by atoms with E-state index >= 15 is 0 Å². The third-order valence-corrected chi connectivity index (χ3v) is 5.37. The van der Waals surface area contributed by atoms with Gasteiger partial charge >= 0.3 is 37.9 Å². The van der Waals surface area contributed by atoms with E-state index in [-0.39, 0.29) is 0 Å². The maximum atomic E-state index is 10.0. The molecule has 0 atom stereocenters. The normalized spacial score (nSPS) is 20.5. The number of aliphatic imine (C=N–C) groups is 1. The van der Waals surface area contributed by atoms with Gasteiger partial charge in [0.25, 0.3) is 0 Å². The second kappa shape index (κ2) is 9.59. The van der Waals surface area contributed by atoms with Crippen molar-refractivity contribution < 1.29 is 26.0 Å². The zero-order chi connectivity index (χ0) is 16.7. The van der Waals surface area contributed by atoms with Crippen LogP contribution in [0.25, 0.3) is 0 Å². The Morgan fingerprint density at radius 3 is 2.39 bits per heavy atom. The molecule has 1 aromatic rings. The first-order valence-corrected chi connectivity index (χ1v) is 14.7. The molecule has 0 radical (unpaired) electrons. The van der Waals surface area contributed by atoms with Crippen LogP contribution < -0.4 is 0 Å².